The Balaban J connectivity index is 2.31. The summed E-state index contributed by atoms with van der Waals surface area (Å²) in [6.45, 7) is 0.602. The molecule has 0 aliphatic rings. The number of sulfonamides is 1. The van der Waals surface area contributed by atoms with Crippen molar-refractivity contribution in [1.29, 1.82) is 0 Å². The molecule has 0 spiro atoms. The number of carbonyl (C=O) groups is 1. The number of benzene rings is 2. The van der Waals surface area contributed by atoms with E-state index in [-0.39, 0.29) is 27.4 Å². The van der Waals surface area contributed by atoms with Gasteiger partial charge in [-0.15, -0.1) is 0 Å². The second-order valence-electron chi connectivity index (χ2n) is 6.05. The fraction of sp³-hybridized carbons (Fsp3) is 0.278. The number of amides is 1. The zero-order chi connectivity index (χ0) is 19.3. The van der Waals surface area contributed by atoms with E-state index in [1.165, 1.54) is 25.2 Å². The molecule has 2 N–H and O–H groups in total. The molecule has 0 aromatic heterocycles. The van der Waals surface area contributed by atoms with Crippen molar-refractivity contribution in [3.8, 4) is 0 Å². The fourth-order valence-electron chi connectivity index (χ4n) is 2.49. The molecule has 0 aliphatic carbocycles. The molecule has 26 heavy (non-hydrogen) atoms. The molecule has 140 valence electrons. The van der Waals surface area contributed by atoms with Gasteiger partial charge in [0.05, 0.1) is 11.1 Å². The zero-order valence-corrected chi connectivity index (χ0v) is 16.4. The summed E-state index contributed by atoms with van der Waals surface area (Å²) >= 11 is 5.98. The summed E-state index contributed by atoms with van der Waals surface area (Å²) in [4.78, 5) is 14.5. The summed E-state index contributed by atoms with van der Waals surface area (Å²) in [6, 6.07) is 13.6. The largest absolute Gasteiger partial charge is 0.344 e. The van der Waals surface area contributed by atoms with Gasteiger partial charge >= 0.3 is 0 Å². The van der Waals surface area contributed by atoms with Crippen LogP contribution in [0.15, 0.2) is 53.4 Å². The first-order chi connectivity index (χ1) is 12.2. The van der Waals surface area contributed by atoms with Crippen molar-refractivity contribution >= 4 is 27.5 Å². The lowest BCUT2D eigenvalue weighted by Gasteiger charge is -2.23. The zero-order valence-electron chi connectivity index (χ0n) is 14.9. The van der Waals surface area contributed by atoms with E-state index < -0.39 is 10.0 Å². The van der Waals surface area contributed by atoms with E-state index in [1.54, 1.807) is 0 Å². The van der Waals surface area contributed by atoms with Crippen LogP contribution in [-0.4, -0.2) is 46.9 Å². The molecule has 1 amide bonds. The molecule has 0 aliphatic heterocycles. The molecule has 0 radical (unpaired) electrons. The monoisotopic (exact) mass is 395 g/mol. The summed E-state index contributed by atoms with van der Waals surface area (Å²) in [6.07, 6.45) is 0. The van der Waals surface area contributed by atoms with Crippen LogP contribution in [0.2, 0.25) is 5.02 Å². The molecular weight excluding hydrogens is 374 g/mol. The van der Waals surface area contributed by atoms with Crippen LogP contribution in [0.4, 0.5) is 0 Å². The van der Waals surface area contributed by atoms with Crippen molar-refractivity contribution < 1.29 is 13.2 Å². The van der Waals surface area contributed by atoms with Crippen LogP contribution in [0.25, 0.3) is 0 Å². The Morgan fingerprint density at radius 1 is 1.15 bits per heavy atom. The highest BCUT2D eigenvalue weighted by atomic mass is 35.5. The van der Waals surface area contributed by atoms with Gasteiger partial charge in [-0.2, -0.15) is 0 Å². The van der Waals surface area contributed by atoms with Gasteiger partial charge < -0.3 is 10.2 Å². The van der Waals surface area contributed by atoms with Gasteiger partial charge in [-0.05, 0) is 44.9 Å². The third kappa shape index (κ3) is 5.04. The van der Waals surface area contributed by atoms with E-state index >= 15 is 0 Å². The Morgan fingerprint density at radius 3 is 2.38 bits per heavy atom. The quantitative estimate of drug-likeness (QED) is 0.753. The molecule has 0 saturated carbocycles. The third-order valence-electron chi connectivity index (χ3n) is 3.81. The minimum atomic E-state index is -3.75. The Bertz CT molecular complexity index is 871. The van der Waals surface area contributed by atoms with Crippen molar-refractivity contribution in [1.82, 2.24) is 14.9 Å². The Hall–Kier alpha value is -1.93. The van der Waals surface area contributed by atoms with Crippen molar-refractivity contribution in [3.05, 3.63) is 64.7 Å². The number of carbonyl (C=O) groups excluding carboxylic acids is 1. The van der Waals surface area contributed by atoms with Crippen LogP contribution in [-0.2, 0) is 10.0 Å². The first kappa shape index (κ1) is 20.4. The van der Waals surface area contributed by atoms with E-state index in [2.05, 4.69) is 10.0 Å². The standard InChI is InChI=1S/C18H22ClN3O3S/c1-20-26(24,25)17-11-14(9-10-15(17)19)18(23)21-16(12-22(2)3)13-7-5-4-6-8-13/h4-11,16,20H,12H2,1-3H3,(H,21,23)/t16-/m0/s1. The van der Waals surface area contributed by atoms with Crippen LogP contribution >= 0.6 is 11.6 Å². The van der Waals surface area contributed by atoms with Gasteiger partial charge in [-0.25, -0.2) is 13.1 Å². The predicted octanol–water partition coefficient (Wildman–Crippen LogP) is 2.28. The molecule has 0 unspecified atom stereocenters. The van der Waals surface area contributed by atoms with Gasteiger partial charge in [0.2, 0.25) is 10.0 Å². The fourth-order valence-corrected chi connectivity index (χ4v) is 3.74. The lowest BCUT2D eigenvalue weighted by Crippen LogP contribution is -2.35. The smallest absolute Gasteiger partial charge is 0.251 e. The van der Waals surface area contributed by atoms with E-state index in [4.69, 9.17) is 11.6 Å². The second kappa shape index (κ2) is 8.64. The van der Waals surface area contributed by atoms with E-state index in [1.807, 2.05) is 49.3 Å². The molecule has 0 fully saturated rings. The molecule has 8 heteroatoms. The van der Waals surface area contributed by atoms with Gasteiger partial charge in [0.15, 0.2) is 0 Å². The number of halogens is 1. The highest BCUT2D eigenvalue weighted by Gasteiger charge is 2.21. The van der Waals surface area contributed by atoms with Crippen LogP contribution in [0.5, 0.6) is 0 Å². The number of nitrogens with one attached hydrogen (secondary N) is 2. The minimum Gasteiger partial charge on any atom is -0.344 e. The average Bonchev–Trinajstić information content (AvgIpc) is 2.61. The number of rotatable bonds is 7. The maximum Gasteiger partial charge on any atom is 0.251 e. The van der Waals surface area contributed by atoms with Crippen LogP contribution in [0.1, 0.15) is 22.0 Å². The lowest BCUT2D eigenvalue weighted by molar-refractivity contribution is 0.0929. The minimum absolute atomic E-state index is 0.0591. The summed E-state index contributed by atoms with van der Waals surface area (Å²) in [5, 5.41) is 3.02. The molecule has 0 heterocycles. The van der Waals surface area contributed by atoms with Crippen LogP contribution in [0, 0.1) is 0 Å². The number of nitrogens with zero attached hydrogens (tertiary/aromatic N) is 1. The highest BCUT2D eigenvalue weighted by Crippen LogP contribution is 2.23. The molecule has 2 aromatic carbocycles. The molecule has 1 atom stereocenters. The van der Waals surface area contributed by atoms with Crippen molar-refractivity contribution in [2.75, 3.05) is 27.7 Å². The lowest BCUT2D eigenvalue weighted by atomic mass is 10.1. The summed E-state index contributed by atoms with van der Waals surface area (Å²) in [5.74, 6) is -0.370. The molecule has 2 rings (SSSR count). The first-order valence-corrected chi connectivity index (χ1v) is 9.84. The summed E-state index contributed by atoms with van der Waals surface area (Å²) in [7, 11) is 1.38. The maximum atomic E-state index is 12.7. The van der Waals surface area contributed by atoms with Gasteiger partial charge in [-0.3, -0.25) is 4.79 Å². The van der Waals surface area contributed by atoms with Gasteiger partial charge in [0, 0.05) is 12.1 Å². The van der Waals surface area contributed by atoms with E-state index in [9.17, 15) is 13.2 Å². The van der Waals surface area contributed by atoms with Crippen molar-refractivity contribution in [2.24, 2.45) is 0 Å². The Labute approximate surface area is 159 Å². The number of hydrogen-bond acceptors (Lipinski definition) is 4. The Morgan fingerprint density at radius 2 is 1.81 bits per heavy atom. The summed E-state index contributed by atoms with van der Waals surface area (Å²) < 4.78 is 26.3. The van der Waals surface area contributed by atoms with Gasteiger partial charge in [0.25, 0.3) is 5.91 Å². The molecule has 6 nitrogen and oxygen atoms in total. The topological polar surface area (TPSA) is 78.5 Å². The molecule has 0 saturated heterocycles. The van der Waals surface area contributed by atoms with Crippen molar-refractivity contribution in [2.45, 2.75) is 10.9 Å². The highest BCUT2D eigenvalue weighted by molar-refractivity contribution is 7.89. The van der Waals surface area contributed by atoms with Crippen LogP contribution in [0.3, 0.4) is 0 Å². The van der Waals surface area contributed by atoms with E-state index in [0.717, 1.165) is 5.56 Å². The van der Waals surface area contributed by atoms with Gasteiger partial charge in [0.1, 0.15) is 4.90 Å². The first-order valence-electron chi connectivity index (χ1n) is 7.98. The third-order valence-corrected chi connectivity index (χ3v) is 5.70. The molecule has 0 bridgehead atoms. The van der Waals surface area contributed by atoms with Crippen molar-refractivity contribution in [3.63, 3.8) is 0 Å². The maximum absolute atomic E-state index is 12.7. The predicted molar refractivity (Wildman–Crippen MR) is 103 cm³/mol. The average molecular weight is 396 g/mol. The summed E-state index contributed by atoms with van der Waals surface area (Å²) in [5.41, 5.74) is 1.19. The molecular formula is C18H22ClN3O3S. The normalized spacial score (nSPS) is 12.8. The Kier molecular flexibility index (Phi) is 6.77. The van der Waals surface area contributed by atoms with E-state index in [0.29, 0.717) is 6.54 Å². The molecule has 2 aromatic rings. The van der Waals surface area contributed by atoms with Crippen LogP contribution < -0.4 is 10.0 Å². The number of likely N-dealkylation sites (N-methyl/N-ethyl adjacent to an activating group) is 1. The second-order valence-corrected chi connectivity index (χ2v) is 8.31. The van der Waals surface area contributed by atoms with Gasteiger partial charge in [-0.1, -0.05) is 41.9 Å². The SMILES string of the molecule is CNS(=O)(=O)c1cc(C(=O)N[C@@H](CN(C)C)c2ccccc2)ccc1Cl. The number of hydrogen-bond donors (Lipinski definition) is 2.